The first-order chi connectivity index (χ1) is 6.83. The summed E-state index contributed by atoms with van der Waals surface area (Å²) in [5, 5.41) is 0. The summed E-state index contributed by atoms with van der Waals surface area (Å²) in [6.45, 7) is 2.77. The fourth-order valence-corrected chi connectivity index (χ4v) is 1.51. The lowest BCUT2D eigenvalue weighted by molar-refractivity contribution is -0.134. The molecule has 15 heavy (non-hydrogen) atoms. The van der Waals surface area contributed by atoms with Crippen molar-refractivity contribution in [3.63, 3.8) is 0 Å². The Labute approximate surface area is 88.6 Å². The van der Waals surface area contributed by atoms with Gasteiger partial charge in [0.15, 0.2) is 5.71 Å². The van der Waals surface area contributed by atoms with Crippen molar-refractivity contribution in [3.8, 4) is 0 Å². The van der Waals surface area contributed by atoms with Crippen molar-refractivity contribution in [2.45, 2.75) is 13.5 Å². The average Bonchev–Trinajstić information content (AvgIpc) is 2.61. The second kappa shape index (κ2) is 4.70. The SMILES string of the molecule is CCOC(=O)C1=NCc2ccccc21.N. The largest absolute Gasteiger partial charge is 0.461 e. The number of ether oxygens (including phenoxy) is 1. The number of hydrogen-bond donors (Lipinski definition) is 1. The molecule has 3 N–H and O–H groups in total. The third kappa shape index (κ3) is 2.05. The van der Waals surface area contributed by atoms with Gasteiger partial charge >= 0.3 is 5.97 Å². The minimum absolute atomic E-state index is 0. The Kier molecular flexibility index (Phi) is 3.57. The molecule has 1 aromatic rings. The summed E-state index contributed by atoms with van der Waals surface area (Å²) in [5.41, 5.74) is 2.46. The van der Waals surface area contributed by atoms with Crippen molar-refractivity contribution in [2.75, 3.05) is 6.61 Å². The summed E-state index contributed by atoms with van der Waals surface area (Å²) in [6, 6.07) is 7.73. The van der Waals surface area contributed by atoms with E-state index < -0.39 is 0 Å². The molecule has 0 spiro atoms. The van der Waals surface area contributed by atoms with E-state index >= 15 is 0 Å². The fraction of sp³-hybridized carbons (Fsp3) is 0.273. The van der Waals surface area contributed by atoms with Crippen molar-refractivity contribution in [3.05, 3.63) is 35.4 Å². The van der Waals surface area contributed by atoms with E-state index in [0.29, 0.717) is 18.9 Å². The first-order valence-corrected chi connectivity index (χ1v) is 4.62. The van der Waals surface area contributed by atoms with Gasteiger partial charge in [0.25, 0.3) is 0 Å². The number of fused-ring (bicyclic) bond motifs is 1. The fourth-order valence-electron chi connectivity index (χ4n) is 1.51. The minimum Gasteiger partial charge on any atom is -0.461 e. The van der Waals surface area contributed by atoms with Crippen LogP contribution in [-0.4, -0.2) is 18.3 Å². The molecule has 0 bridgehead atoms. The van der Waals surface area contributed by atoms with E-state index in [4.69, 9.17) is 4.74 Å². The van der Waals surface area contributed by atoms with Gasteiger partial charge in [-0.15, -0.1) is 0 Å². The Hall–Kier alpha value is -1.68. The zero-order valence-corrected chi connectivity index (χ0v) is 8.69. The number of carbonyl (C=O) groups excluding carboxylic acids is 1. The molecule has 0 amide bonds. The molecule has 80 valence electrons. The predicted molar refractivity (Wildman–Crippen MR) is 58.3 cm³/mol. The highest BCUT2D eigenvalue weighted by molar-refractivity contribution is 6.44. The van der Waals surface area contributed by atoms with Crippen LogP contribution in [0.2, 0.25) is 0 Å². The van der Waals surface area contributed by atoms with E-state index in [0.717, 1.165) is 11.1 Å². The van der Waals surface area contributed by atoms with Crippen LogP contribution in [-0.2, 0) is 16.1 Å². The predicted octanol–water partition coefficient (Wildman–Crippen LogP) is 1.71. The van der Waals surface area contributed by atoms with Gasteiger partial charge < -0.3 is 10.9 Å². The van der Waals surface area contributed by atoms with Crippen molar-refractivity contribution < 1.29 is 9.53 Å². The lowest BCUT2D eigenvalue weighted by atomic mass is 10.1. The van der Waals surface area contributed by atoms with Gasteiger partial charge in [-0.3, -0.25) is 4.99 Å². The Bertz CT molecular complexity index is 399. The molecule has 1 aliphatic heterocycles. The molecule has 0 unspecified atom stereocenters. The van der Waals surface area contributed by atoms with Gasteiger partial charge in [-0.25, -0.2) is 4.79 Å². The van der Waals surface area contributed by atoms with Crippen molar-refractivity contribution >= 4 is 11.7 Å². The Morgan fingerprint density at radius 1 is 1.47 bits per heavy atom. The zero-order chi connectivity index (χ0) is 9.97. The van der Waals surface area contributed by atoms with E-state index in [1.165, 1.54) is 0 Å². The van der Waals surface area contributed by atoms with Crippen LogP contribution >= 0.6 is 0 Å². The molecule has 2 rings (SSSR count). The summed E-state index contributed by atoms with van der Waals surface area (Å²) >= 11 is 0. The van der Waals surface area contributed by atoms with E-state index in [-0.39, 0.29) is 12.1 Å². The average molecular weight is 206 g/mol. The van der Waals surface area contributed by atoms with Gasteiger partial charge in [0.1, 0.15) is 0 Å². The first-order valence-electron chi connectivity index (χ1n) is 4.62. The maximum atomic E-state index is 11.5. The molecule has 4 nitrogen and oxygen atoms in total. The van der Waals surface area contributed by atoms with Gasteiger partial charge in [0, 0.05) is 5.56 Å². The molecule has 1 aliphatic rings. The summed E-state index contributed by atoms with van der Waals surface area (Å²) in [5.74, 6) is -0.322. The van der Waals surface area contributed by atoms with Crippen LogP contribution in [0.5, 0.6) is 0 Å². The molecule has 0 aliphatic carbocycles. The summed E-state index contributed by atoms with van der Waals surface area (Å²) in [4.78, 5) is 15.6. The molecular weight excluding hydrogens is 192 g/mol. The molecule has 1 aromatic carbocycles. The molecule has 0 aromatic heterocycles. The number of benzene rings is 1. The molecule has 0 radical (unpaired) electrons. The van der Waals surface area contributed by atoms with Gasteiger partial charge in [0.05, 0.1) is 13.2 Å². The quantitative estimate of drug-likeness (QED) is 0.748. The molecule has 1 heterocycles. The van der Waals surface area contributed by atoms with Crippen LogP contribution in [0.3, 0.4) is 0 Å². The van der Waals surface area contributed by atoms with E-state index in [1.807, 2.05) is 24.3 Å². The van der Waals surface area contributed by atoms with Crippen LogP contribution < -0.4 is 6.15 Å². The summed E-state index contributed by atoms with van der Waals surface area (Å²) < 4.78 is 4.91. The summed E-state index contributed by atoms with van der Waals surface area (Å²) in [7, 11) is 0. The Morgan fingerprint density at radius 3 is 2.93 bits per heavy atom. The highest BCUT2D eigenvalue weighted by atomic mass is 16.5. The normalized spacial score (nSPS) is 12.5. The van der Waals surface area contributed by atoms with Gasteiger partial charge in [-0.2, -0.15) is 0 Å². The highest BCUT2D eigenvalue weighted by Crippen LogP contribution is 2.18. The first kappa shape index (κ1) is 11.4. The maximum absolute atomic E-state index is 11.5. The molecule has 0 fully saturated rings. The molecular formula is C11H14N2O2. The number of aliphatic imine (C=N–C) groups is 1. The number of rotatable bonds is 2. The van der Waals surface area contributed by atoms with E-state index in [2.05, 4.69) is 4.99 Å². The van der Waals surface area contributed by atoms with Gasteiger partial charge in [-0.1, -0.05) is 24.3 Å². The van der Waals surface area contributed by atoms with Crippen molar-refractivity contribution in [1.82, 2.24) is 6.15 Å². The number of hydrogen-bond acceptors (Lipinski definition) is 4. The van der Waals surface area contributed by atoms with Crippen LogP contribution in [0.4, 0.5) is 0 Å². The molecule has 0 saturated heterocycles. The number of nitrogens with zero attached hydrogens (tertiary/aromatic N) is 1. The molecule has 0 atom stereocenters. The Morgan fingerprint density at radius 2 is 2.20 bits per heavy atom. The number of esters is 1. The van der Waals surface area contributed by atoms with Crippen molar-refractivity contribution in [1.29, 1.82) is 0 Å². The Balaban J connectivity index is 0.00000112. The minimum atomic E-state index is -0.322. The smallest absolute Gasteiger partial charge is 0.357 e. The second-order valence-corrected chi connectivity index (χ2v) is 3.04. The lowest BCUT2D eigenvalue weighted by Crippen LogP contribution is -2.17. The second-order valence-electron chi connectivity index (χ2n) is 3.04. The van der Waals surface area contributed by atoms with Gasteiger partial charge in [0.2, 0.25) is 0 Å². The van der Waals surface area contributed by atoms with Crippen LogP contribution in [0.1, 0.15) is 18.1 Å². The standard InChI is InChI=1S/C11H11NO2.H3N/c1-2-14-11(13)10-9-6-4-3-5-8(9)7-12-10;/h3-6H,2,7H2,1H3;1H3. The number of carbonyl (C=O) groups is 1. The third-order valence-corrected chi connectivity index (χ3v) is 2.15. The van der Waals surface area contributed by atoms with Crippen molar-refractivity contribution in [2.24, 2.45) is 4.99 Å². The zero-order valence-electron chi connectivity index (χ0n) is 8.69. The molecule has 0 saturated carbocycles. The topological polar surface area (TPSA) is 73.7 Å². The van der Waals surface area contributed by atoms with Gasteiger partial charge in [-0.05, 0) is 12.5 Å². The van der Waals surface area contributed by atoms with Crippen LogP contribution in [0, 0.1) is 0 Å². The molecule has 4 heteroatoms. The maximum Gasteiger partial charge on any atom is 0.357 e. The van der Waals surface area contributed by atoms with Crippen LogP contribution in [0.25, 0.3) is 0 Å². The van der Waals surface area contributed by atoms with E-state index in [1.54, 1.807) is 6.92 Å². The van der Waals surface area contributed by atoms with Crippen LogP contribution in [0.15, 0.2) is 29.3 Å². The highest BCUT2D eigenvalue weighted by Gasteiger charge is 2.22. The monoisotopic (exact) mass is 206 g/mol. The lowest BCUT2D eigenvalue weighted by Gasteiger charge is -2.02. The summed E-state index contributed by atoms with van der Waals surface area (Å²) in [6.07, 6.45) is 0. The third-order valence-electron chi connectivity index (χ3n) is 2.15. The van der Waals surface area contributed by atoms with E-state index in [9.17, 15) is 4.79 Å².